The van der Waals surface area contributed by atoms with Crippen molar-refractivity contribution >= 4 is 21.6 Å². The third kappa shape index (κ3) is 2.82. The van der Waals surface area contributed by atoms with Gasteiger partial charge in [-0.1, -0.05) is 48.0 Å². The lowest BCUT2D eigenvalue weighted by atomic mass is 9.86. The van der Waals surface area contributed by atoms with Gasteiger partial charge >= 0.3 is 0 Å². The van der Waals surface area contributed by atoms with E-state index < -0.39 is 0 Å². The fraction of sp³-hybridized carbons (Fsp3) is 0.538. The van der Waals surface area contributed by atoms with Crippen LogP contribution in [0.25, 0.3) is 4.85 Å². The summed E-state index contributed by atoms with van der Waals surface area (Å²) in [5.74, 6) is 0.779. The fourth-order valence-corrected chi connectivity index (χ4v) is 2.66. The number of aromatic nitrogens is 1. The molecule has 16 heavy (non-hydrogen) atoms. The molecule has 0 aromatic carbocycles. The molecule has 0 amide bonds. The van der Waals surface area contributed by atoms with Crippen LogP contribution in [0.2, 0.25) is 0 Å². The molecule has 3 heteroatoms. The van der Waals surface area contributed by atoms with Crippen molar-refractivity contribution in [3.05, 3.63) is 33.8 Å². The molecule has 2 nitrogen and oxygen atoms in total. The van der Waals surface area contributed by atoms with Gasteiger partial charge in [0.2, 0.25) is 5.69 Å². The van der Waals surface area contributed by atoms with Gasteiger partial charge in [-0.15, -0.1) is 0 Å². The third-order valence-corrected chi connectivity index (χ3v) is 3.85. The number of hydrogen-bond acceptors (Lipinski definition) is 1. The van der Waals surface area contributed by atoms with E-state index in [2.05, 4.69) is 25.8 Å². The molecule has 0 aliphatic heterocycles. The lowest BCUT2D eigenvalue weighted by molar-refractivity contribution is 0.354. The standard InChI is InChI=1S/C13H15BrN2/c1-15-13-8-11(16-9-12(13)14)7-10-5-3-2-4-6-10/h8-10H,2-7H2. The van der Waals surface area contributed by atoms with Gasteiger partial charge in [0, 0.05) is 16.4 Å². The smallest absolute Gasteiger partial charge is 0.204 e. The van der Waals surface area contributed by atoms with Gasteiger partial charge in [-0.25, -0.2) is 4.85 Å². The van der Waals surface area contributed by atoms with Crippen LogP contribution in [0.3, 0.4) is 0 Å². The molecule has 1 saturated carbocycles. The number of hydrogen-bond donors (Lipinski definition) is 0. The first-order chi connectivity index (χ1) is 7.79. The van der Waals surface area contributed by atoms with E-state index in [-0.39, 0.29) is 0 Å². The Morgan fingerprint density at radius 1 is 1.38 bits per heavy atom. The highest BCUT2D eigenvalue weighted by Gasteiger charge is 2.15. The van der Waals surface area contributed by atoms with E-state index in [1.54, 1.807) is 6.20 Å². The Morgan fingerprint density at radius 2 is 2.12 bits per heavy atom. The van der Waals surface area contributed by atoms with E-state index >= 15 is 0 Å². The van der Waals surface area contributed by atoms with Gasteiger partial charge in [0.05, 0.1) is 6.57 Å². The highest BCUT2D eigenvalue weighted by Crippen LogP contribution is 2.29. The van der Waals surface area contributed by atoms with E-state index in [4.69, 9.17) is 6.57 Å². The fourth-order valence-electron chi connectivity index (χ4n) is 2.35. The molecular formula is C13H15BrN2. The molecule has 0 spiro atoms. The number of nitrogens with zero attached hydrogens (tertiary/aromatic N) is 2. The zero-order valence-electron chi connectivity index (χ0n) is 9.25. The van der Waals surface area contributed by atoms with Crippen LogP contribution in [0.1, 0.15) is 37.8 Å². The van der Waals surface area contributed by atoms with Crippen molar-refractivity contribution in [3.8, 4) is 0 Å². The maximum absolute atomic E-state index is 7.07. The molecule has 1 aliphatic rings. The molecule has 0 unspecified atom stereocenters. The predicted octanol–water partition coefficient (Wildman–Crippen LogP) is 4.52. The van der Waals surface area contributed by atoms with Crippen molar-refractivity contribution in [1.82, 2.24) is 4.98 Å². The molecular weight excluding hydrogens is 264 g/mol. The zero-order valence-corrected chi connectivity index (χ0v) is 10.8. The minimum Gasteiger partial charge on any atom is -0.263 e. The zero-order chi connectivity index (χ0) is 11.4. The first-order valence-electron chi connectivity index (χ1n) is 5.81. The summed E-state index contributed by atoms with van der Waals surface area (Å²) in [6, 6.07) is 1.92. The van der Waals surface area contributed by atoms with Gasteiger partial charge in [-0.05, 0) is 18.4 Å². The average Bonchev–Trinajstić information content (AvgIpc) is 2.33. The van der Waals surface area contributed by atoms with Gasteiger partial charge in [0.25, 0.3) is 0 Å². The van der Waals surface area contributed by atoms with Gasteiger partial charge in [0.1, 0.15) is 0 Å². The third-order valence-electron chi connectivity index (χ3n) is 3.23. The van der Waals surface area contributed by atoms with E-state index in [0.717, 1.165) is 22.5 Å². The maximum Gasteiger partial charge on any atom is 0.204 e. The minimum atomic E-state index is 0.681. The Bertz CT molecular complexity index is 403. The molecule has 1 heterocycles. The molecule has 1 aliphatic carbocycles. The van der Waals surface area contributed by atoms with Crippen LogP contribution in [0.15, 0.2) is 16.7 Å². The second-order valence-corrected chi connectivity index (χ2v) is 5.30. The normalized spacial score (nSPS) is 17.0. The van der Waals surface area contributed by atoms with Crippen molar-refractivity contribution in [2.75, 3.05) is 0 Å². The summed E-state index contributed by atoms with van der Waals surface area (Å²) in [4.78, 5) is 7.88. The molecule has 0 atom stereocenters. The van der Waals surface area contributed by atoms with Crippen molar-refractivity contribution in [2.45, 2.75) is 38.5 Å². The summed E-state index contributed by atoms with van der Waals surface area (Å²) >= 11 is 3.34. The molecule has 1 aromatic rings. The Balaban J connectivity index is 2.06. The lowest BCUT2D eigenvalue weighted by Gasteiger charge is -2.21. The Hall–Kier alpha value is -0.880. The SMILES string of the molecule is [C-]#[N+]c1cc(CC2CCCCC2)ncc1Br. The maximum atomic E-state index is 7.07. The van der Waals surface area contributed by atoms with Crippen LogP contribution in [-0.4, -0.2) is 4.98 Å². The van der Waals surface area contributed by atoms with Crippen LogP contribution in [-0.2, 0) is 6.42 Å². The Labute approximate surface area is 105 Å². The summed E-state index contributed by atoms with van der Waals surface area (Å²) in [5, 5.41) is 0. The summed E-state index contributed by atoms with van der Waals surface area (Å²) in [7, 11) is 0. The Morgan fingerprint density at radius 3 is 2.81 bits per heavy atom. The first-order valence-corrected chi connectivity index (χ1v) is 6.61. The first kappa shape index (κ1) is 11.6. The van der Waals surface area contributed by atoms with Gasteiger partial charge in [0.15, 0.2) is 0 Å². The van der Waals surface area contributed by atoms with E-state index in [9.17, 15) is 0 Å². The van der Waals surface area contributed by atoms with Crippen molar-refractivity contribution in [1.29, 1.82) is 0 Å². The van der Waals surface area contributed by atoms with Crippen molar-refractivity contribution in [2.24, 2.45) is 5.92 Å². The van der Waals surface area contributed by atoms with Crippen molar-refractivity contribution < 1.29 is 0 Å². The average molecular weight is 279 g/mol. The highest BCUT2D eigenvalue weighted by atomic mass is 79.9. The van der Waals surface area contributed by atoms with Crippen LogP contribution in [0.5, 0.6) is 0 Å². The van der Waals surface area contributed by atoms with Gasteiger partial charge in [-0.3, -0.25) is 4.98 Å². The topological polar surface area (TPSA) is 17.2 Å². The predicted molar refractivity (Wildman–Crippen MR) is 68.5 cm³/mol. The second-order valence-electron chi connectivity index (χ2n) is 4.45. The van der Waals surface area contributed by atoms with E-state index in [0.29, 0.717) is 5.69 Å². The number of pyridine rings is 1. The summed E-state index contributed by atoms with van der Waals surface area (Å²) < 4.78 is 0.801. The summed E-state index contributed by atoms with van der Waals surface area (Å²) in [6.07, 6.45) is 9.54. The number of halogens is 1. The quantitative estimate of drug-likeness (QED) is 0.727. The molecule has 0 saturated heterocycles. The molecule has 0 bridgehead atoms. The van der Waals surface area contributed by atoms with Crippen LogP contribution in [0, 0.1) is 12.5 Å². The molecule has 2 rings (SSSR count). The van der Waals surface area contributed by atoms with Crippen molar-refractivity contribution in [3.63, 3.8) is 0 Å². The van der Waals surface area contributed by atoms with Gasteiger partial charge in [-0.2, -0.15) is 0 Å². The van der Waals surface area contributed by atoms with Crippen LogP contribution in [0.4, 0.5) is 5.69 Å². The number of rotatable bonds is 2. The highest BCUT2D eigenvalue weighted by molar-refractivity contribution is 9.10. The molecule has 1 aromatic heterocycles. The van der Waals surface area contributed by atoms with Crippen LogP contribution >= 0.6 is 15.9 Å². The van der Waals surface area contributed by atoms with Gasteiger partial charge < -0.3 is 0 Å². The molecule has 84 valence electrons. The van der Waals surface area contributed by atoms with E-state index in [1.165, 1.54) is 32.1 Å². The monoisotopic (exact) mass is 278 g/mol. The second kappa shape index (κ2) is 5.45. The van der Waals surface area contributed by atoms with E-state index in [1.807, 2.05) is 6.07 Å². The lowest BCUT2D eigenvalue weighted by Crippen LogP contribution is -2.10. The Kier molecular flexibility index (Phi) is 3.95. The summed E-state index contributed by atoms with van der Waals surface area (Å²) in [5.41, 5.74) is 1.75. The molecule has 0 radical (unpaired) electrons. The van der Waals surface area contributed by atoms with Crippen LogP contribution < -0.4 is 0 Å². The molecule has 1 fully saturated rings. The summed E-state index contributed by atoms with van der Waals surface area (Å²) in [6.45, 7) is 7.07. The molecule has 0 N–H and O–H groups in total. The largest absolute Gasteiger partial charge is 0.263 e. The minimum absolute atomic E-state index is 0.681.